The van der Waals surface area contributed by atoms with Crippen molar-refractivity contribution in [2.75, 3.05) is 0 Å². The summed E-state index contributed by atoms with van der Waals surface area (Å²) in [5.41, 5.74) is -0.718. The lowest BCUT2D eigenvalue weighted by Gasteiger charge is -2.07. The molecule has 1 aromatic heterocycles. The number of hydrogen-bond donors (Lipinski definition) is 1. The van der Waals surface area contributed by atoms with Crippen molar-refractivity contribution in [1.82, 2.24) is 9.97 Å². The minimum atomic E-state index is -4.40. The number of nitrogens with one attached hydrogen (secondary N) is 1. The molecule has 0 aliphatic rings. The standard InChI is InChI=1S/C8H4ClF3N2/c9-5-2-1-4(8(10,11)12)6-7(5)14-3-13-6/h1-3H,(H,13,14). The number of fused-ring (bicyclic) bond motifs is 1. The summed E-state index contributed by atoms with van der Waals surface area (Å²) in [6, 6.07) is 2.12. The van der Waals surface area contributed by atoms with E-state index in [-0.39, 0.29) is 16.1 Å². The lowest BCUT2D eigenvalue weighted by Crippen LogP contribution is -2.05. The van der Waals surface area contributed by atoms with Gasteiger partial charge in [0.05, 0.1) is 22.4 Å². The molecule has 0 atom stereocenters. The second-order valence-corrected chi connectivity index (χ2v) is 3.13. The first-order valence-corrected chi connectivity index (χ1v) is 4.07. The SMILES string of the molecule is FC(F)(F)c1ccc(Cl)c2[nH]cnc12. The third kappa shape index (κ3) is 1.33. The van der Waals surface area contributed by atoms with Gasteiger partial charge in [-0.3, -0.25) is 0 Å². The predicted molar refractivity (Wildman–Crippen MR) is 46.1 cm³/mol. The highest BCUT2D eigenvalue weighted by Crippen LogP contribution is 2.35. The fourth-order valence-corrected chi connectivity index (χ4v) is 1.44. The van der Waals surface area contributed by atoms with Crippen LogP contribution >= 0.6 is 11.6 Å². The molecule has 2 nitrogen and oxygen atoms in total. The predicted octanol–water partition coefficient (Wildman–Crippen LogP) is 3.24. The Morgan fingerprint density at radius 2 is 2.00 bits per heavy atom. The molecule has 0 fully saturated rings. The number of rotatable bonds is 0. The van der Waals surface area contributed by atoms with Gasteiger partial charge in [0.2, 0.25) is 0 Å². The zero-order valence-corrected chi connectivity index (χ0v) is 7.45. The Kier molecular flexibility index (Phi) is 1.92. The maximum absolute atomic E-state index is 12.4. The molecule has 6 heteroatoms. The topological polar surface area (TPSA) is 28.7 Å². The van der Waals surface area contributed by atoms with Gasteiger partial charge in [-0.2, -0.15) is 13.2 Å². The summed E-state index contributed by atoms with van der Waals surface area (Å²) in [6.07, 6.45) is -3.22. The quantitative estimate of drug-likeness (QED) is 0.726. The number of nitrogens with zero attached hydrogens (tertiary/aromatic N) is 1. The van der Waals surface area contributed by atoms with Gasteiger partial charge in [0, 0.05) is 0 Å². The van der Waals surface area contributed by atoms with Crippen molar-refractivity contribution in [3.8, 4) is 0 Å². The van der Waals surface area contributed by atoms with Gasteiger partial charge >= 0.3 is 6.18 Å². The Hall–Kier alpha value is -1.23. The van der Waals surface area contributed by atoms with Gasteiger partial charge in [-0.1, -0.05) is 11.6 Å². The molecule has 0 aliphatic heterocycles. The third-order valence-corrected chi connectivity index (χ3v) is 2.15. The minimum Gasteiger partial charge on any atom is -0.343 e. The van der Waals surface area contributed by atoms with E-state index in [0.717, 1.165) is 6.07 Å². The smallest absolute Gasteiger partial charge is 0.343 e. The molecule has 1 N–H and O–H groups in total. The number of aromatic nitrogens is 2. The highest BCUT2D eigenvalue weighted by atomic mass is 35.5. The van der Waals surface area contributed by atoms with Crippen molar-refractivity contribution in [3.05, 3.63) is 29.0 Å². The molecule has 74 valence electrons. The van der Waals surface area contributed by atoms with E-state index in [1.165, 1.54) is 12.4 Å². The lowest BCUT2D eigenvalue weighted by atomic mass is 10.2. The molecular weight excluding hydrogens is 217 g/mol. The van der Waals surface area contributed by atoms with Gasteiger partial charge in [-0.15, -0.1) is 0 Å². The summed E-state index contributed by atoms with van der Waals surface area (Å²) in [7, 11) is 0. The minimum absolute atomic E-state index is 0.148. The van der Waals surface area contributed by atoms with Gasteiger partial charge in [0.1, 0.15) is 5.52 Å². The Morgan fingerprint density at radius 1 is 1.29 bits per heavy atom. The van der Waals surface area contributed by atoms with E-state index in [4.69, 9.17) is 11.6 Å². The number of benzene rings is 1. The summed E-state index contributed by atoms with van der Waals surface area (Å²) in [5, 5.41) is 0.227. The molecule has 0 saturated carbocycles. The average molecular weight is 221 g/mol. The van der Waals surface area contributed by atoms with Crippen LogP contribution in [0.3, 0.4) is 0 Å². The lowest BCUT2D eigenvalue weighted by molar-refractivity contribution is -0.136. The zero-order valence-electron chi connectivity index (χ0n) is 6.69. The first-order chi connectivity index (χ1) is 6.50. The molecule has 0 aliphatic carbocycles. The highest BCUT2D eigenvalue weighted by molar-refractivity contribution is 6.35. The van der Waals surface area contributed by atoms with Gasteiger partial charge in [0.15, 0.2) is 0 Å². The molecule has 1 aromatic carbocycles. The van der Waals surface area contributed by atoms with E-state index >= 15 is 0 Å². The molecule has 0 unspecified atom stereocenters. The summed E-state index contributed by atoms with van der Waals surface area (Å²) in [5.74, 6) is 0. The van der Waals surface area contributed by atoms with E-state index in [0.29, 0.717) is 0 Å². The Morgan fingerprint density at radius 3 is 2.64 bits per heavy atom. The number of hydrogen-bond acceptors (Lipinski definition) is 1. The average Bonchev–Trinajstić information content (AvgIpc) is 2.50. The van der Waals surface area contributed by atoms with Crippen LogP contribution < -0.4 is 0 Å². The maximum atomic E-state index is 12.4. The normalized spacial score (nSPS) is 12.3. The third-order valence-electron chi connectivity index (χ3n) is 1.84. The molecule has 2 rings (SSSR count). The van der Waals surface area contributed by atoms with E-state index in [9.17, 15) is 13.2 Å². The van der Waals surface area contributed by atoms with Crippen LogP contribution in [0.25, 0.3) is 11.0 Å². The molecule has 0 radical (unpaired) electrons. The highest BCUT2D eigenvalue weighted by Gasteiger charge is 2.33. The molecule has 0 amide bonds. The van der Waals surface area contributed by atoms with Crippen LogP contribution in [-0.4, -0.2) is 9.97 Å². The number of aromatic amines is 1. The maximum Gasteiger partial charge on any atom is 0.418 e. The van der Waals surface area contributed by atoms with Crippen molar-refractivity contribution in [2.24, 2.45) is 0 Å². The van der Waals surface area contributed by atoms with E-state index < -0.39 is 11.7 Å². The van der Waals surface area contributed by atoms with Crippen molar-refractivity contribution < 1.29 is 13.2 Å². The fraction of sp³-hybridized carbons (Fsp3) is 0.125. The van der Waals surface area contributed by atoms with Crippen molar-refractivity contribution in [1.29, 1.82) is 0 Å². The zero-order chi connectivity index (χ0) is 10.3. The molecule has 0 bridgehead atoms. The van der Waals surface area contributed by atoms with Crippen LogP contribution in [0, 0.1) is 0 Å². The summed E-state index contributed by atoms with van der Waals surface area (Å²) in [4.78, 5) is 6.14. The van der Waals surface area contributed by atoms with Crippen LogP contribution in [0.4, 0.5) is 13.2 Å². The first kappa shape index (κ1) is 9.33. The van der Waals surface area contributed by atoms with E-state index in [2.05, 4.69) is 9.97 Å². The summed E-state index contributed by atoms with van der Waals surface area (Å²) in [6.45, 7) is 0. The molecule has 0 saturated heterocycles. The summed E-state index contributed by atoms with van der Waals surface area (Å²) >= 11 is 5.68. The monoisotopic (exact) mass is 220 g/mol. The second-order valence-electron chi connectivity index (χ2n) is 2.72. The second kappa shape index (κ2) is 2.88. The van der Waals surface area contributed by atoms with Crippen LogP contribution in [0.15, 0.2) is 18.5 Å². The van der Waals surface area contributed by atoms with Crippen LogP contribution in [-0.2, 0) is 6.18 Å². The largest absolute Gasteiger partial charge is 0.418 e. The molecule has 2 aromatic rings. The molecule has 14 heavy (non-hydrogen) atoms. The van der Waals surface area contributed by atoms with Crippen molar-refractivity contribution in [2.45, 2.75) is 6.18 Å². The first-order valence-electron chi connectivity index (χ1n) is 3.69. The number of imidazole rings is 1. The van der Waals surface area contributed by atoms with Crippen LogP contribution in [0.5, 0.6) is 0 Å². The number of alkyl halides is 3. The fourth-order valence-electron chi connectivity index (χ4n) is 1.23. The molecule has 1 heterocycles. The van der Waals surface area contributed by atoms with Crippen molar-refractivity contribution in [3.63, 3.8) is 0 Å². The van der Waals surface area contributed by atoms with Gasteiger partial charge in [-0.25, -0.2) is 4.98 Å². The Bertz CT molecular complexity index is 475. The number of H-pyrrole nitrogens is 1. The molecular formula is C8H4ClF3N2. The van der Waals surface area contributed by atoms with Crippen LogP contribution in [0.2, 0.25) is 5.02 Å². The Balaban J connectivity index is 2.80. The van der Waals surface area contributed by atoms with Gasteiger partial charge in [0.25, 0.3) is 0 Å². The Labute approximate surface area is 81.7 Å². The van der Waals surface area contributed by atoms with E-state index in [1.54, 1.807) is 0 Å². The van der Waals surface area contributed by atoms with Crippen molar-refractivity contribution >= 4 is 22.6 Å². The van der Waals surface area contributed by atoms with Crippen LogP contribution in [0.1, 0.15) is 5.56 Å². The number of halogens is 4. The van der Waals surface area contributed by atoms with Gasteiger partial charge in [-0.05, 0) is 12.1 Å². The van der Waals surface area contributed by atoms with E-state index in [1.807, 2.05) is 0 Å². The molecule has 0 spiro atoms. The van der Waals surface area contributed by atoms with Gasteiger partial charge < -0.3 is 4.98 Å². The summed E-state index contributed by atoms with van der Waals surface area (Å²) < 4.78 is 37.3.